The Labute approximate surface area is 102 Å². The van der Waals surface area contributed by atoms with Crippen LogP contribution in [0.25, 0.3) is 0 Å². The third-order valence-corrected chi connectivity index (χ3v) is 2.98. The predicted molar refractivity (Wildman–Crippen MR) is 58.1 cm³/mol. The lowest BCUT2D eigenvalue weighted by Crippen LogP contribution is -2.28. The number of nitrogens with zero attached hydrogens (tertiary/aromatic N) is 3. The van der Waals surface area contributed by atoms with Crippen molar-refractivity contribution in [1.29, 1.82) is 0 Å². The summed E-state index contributed by atoms with van der Waals surface area (Å²) < 4.78 is 37.6. The molecule has 1 atom stereocenters. The van der Waals surface area contributed by atoms with Crippen molar-refractivity contribution in [1.82, 2.24) is 9.97 Å². The van der Waals surface area contributed by atoms with Gasteiger partial charge in [0.25, 0.3) is 0 Å². The summed E-state index contributed by atoms with van der Waals surface area (Å²) in [6.07, 6.45) is -2.67. The van der Waals surface area contributed by atoms with Crippen LogP contribution in [-0.2, 0) is 6.18 Å². The first kappa shape index (κ1) is 12.4. The standard InChI is InChI=1S/C10H11ClF3N3/c1-6-3-2-4-17(6)8-5-7(11)15-9(16-8)10(12,13)14/h5-6H,2-4H2,1H3. The first-order valence-corrected chi connectivity index (χ1v) is 5.64. The Bertz CT molecular complexity index is 422. The Morgan fingerprint density at radius 3 is 2.65 bits per heavy atom. The van der Waals surface area contributed by atoms with Gasteiger partial charge in [-0.3, -0.25) is 0 Å². The van der Waals surface area contributed by atoms with Crippen molar-refractivity contribution >= 4 is 17.4 Å². The van der Waals surface area contributed by atoms with Gasteiger partial charge in [-0.05, 0) is 19.8 Å². The second kappa shape index (κ2) is 4.33. The summed E-state index contributed by atoms with van der Waals surface area (Å²) in [6.45, 7) is 2.65. The van der Waals surface area contributed by atoms with Crippen LogP contribution in [0.5, 0.6) is 0 Å². The van der Waals surface area contributed by atoms with E-state index >= 15 is 0 Å². The number of rotatable bonds is 1. The predicted octanol–water partition coefficient (Wildman–Crippen LogP) is 3.14. The number of anilines is 1. The topological polar surface area (TPSA) is 29.0 Å². The molecule has 1 fully saturated rings. The zero-order chi connectivity index (χ0) is 12.6. The van der Waals surface area contributed by atoms with Gasteiger partial charge in [0, 0.05) is 18.7 Å². The van der Waals surface area contributed by atoms with E-state index in [1.807, 2.05) is 11.8 Å². The van der Waals surface area contributed by atoms with E-state index in [2.05, 4.69) is 9.97 Å². The molecular formula is C10H11ClF3N3. The highest BCUT2D eigenvalue weighted by Crippen LogP contribution is 2.31. The molecule has 94 valence electrons. The Hall–Kier alpha value is -1.04. The quantitative estimate of drug-likeness (QED) is 0.731. The second-order valence-electron chi connectivity index (χ2n) is 4.05. The molecular weight excluding hydrogens is 255 g/mol. The van der Waals surface area contributed by atoms with Gasteiger partial charge in [-0.15, -0.1) is 0 Å². The summed E-state index contributed by atoms with van der Waals surface area (Å²) in [5.41, 5.74) is 0. The third kappa shape index (κ3) is 2.62. The van der Waals surface area contributed by atoms with Crippen molar-refractivity contribution in [3.63, 3.8) is 0 Å². The maximum absolute atomic E-state index is 12.5. The van der Waals surface area contributed by atoms with Crippen molar-refractivity contribution in [2.24, 2.45) is 0 Å². The van der Waals surface area contributed by atoms with Crippen LogP contribution in [0.4, 0.5) is 19.0 Å². The van der Waals surface area contributed by atoms with Gasteiger partial charge in [-0.25, -0.2) is 9.97 Å². The van der Waals surface area contributed by atoms with Crippen molar-refractivity contribution in [3.8, 4) is 0 Å². The van der Waals surface area contributed by atoms with Gasteiger partial charge < -0.3 is 4.90 Å². The normalized spacial score (nSPS) is 21.0. The van der Waals surface area contributed by atoms with E-state index in [0.717, 1.165) is 12.8 Å². The molecule has 0 amide bonds. The van der Waals surface area contributed by atoms with Gasteiger partial charge in [0.05, 0.1) is 0 Å². The van der Waals surface area contributed by atoms with Crippen molar-refractivity contribution < 1.29 is 13.2 Å². The van der Waals surface area contributed by atoms with Crippen LogP contribution in [0.1, 0.15) is 25.6 Å². The highest BCUT2D eigenvalue weighted by atomic mass is 35.5. The minimum atomic E-state index is -4.57. The van der Waals surface area contributed by atoms with E-state index in [4.69, 9.17) is 11.6 Å². The van der Waals surface area contributed by atoms with Gasteiger partial charge in [0.2, 0.25) is 5.82 Å². The Balaban J connectivity index is 2.38. The van der Waals surface area contributed by atoms with Crippen molar-refractivity contribution in [2.45, 2.75) is 32.0 Å². The molecule has 17 heavy (non-hydrogen) atoms. The second-order valence-corrected chi connectivity index (χ2v) is 4.44. The van der Waals surface area contributed by atoms with Gasteiger partial charge in [-0.2, -0.15) is 13.2 Å². The molecule has 1 aliphatic rings. The molecule has 0 radical (unpaired) electrons. The van der Waals surface area contributed by atoms with Crippen molar-refractivity contribution in [2.75, 3.05) is 11.4 Å². The minimum Gasteiger partial charge on any atom is -0.354 e. The minimum absolute atomic E-state index is 0.179. The summed E-state index contributed by atoms with van der Waals surface area (Å²) >= 11 is 5.60. The fourth-order valence-corrected chi connectivity index (χ4v) is 2.13. The van der Waals surface area contributed by atoms with Crippen LogP contribution in [-0.4, -0.2) is 22.6 Å². The fourth-order valence-electron chi connectivity index (χ4n) is 1.95. The number of halogens is 4. The summed E-state index contributed by atoms with van der Waals surface area (Å²) in [4.78, 5) is 8.57. The van der Waals surface area contributed by atoms with E-state index in [0.29, 0.717) is 6.54 Å². The molecule has 2 heterocycles. The van der Waals surface area contributed by atoms with E-state index in [1.54, 1.807) is 0 Å². The summed E-state index contributed by atoms with van der Waals surface area (Å²) in [7, 11) is 0. The molecule has 1 aromatic heterocycles. The molecule has 3 nitrogen and oxygen atoms in total. The maximum atomic E-state index is 12.5. The molecule has 1 aliphatic heterocycles. The van der Waals surface area contributed by atoms with Crippen LogP contribution in [0, 0.1) is 0 Å². The fraction of sp³-hybridized carbons (Fsp3) is 0.600. The van der Waals surface area contributed by atoms with Gasteiger partial charge in [0.1, 0.15) is 11.0 Å². The molecule has 1 aromatic rings. The molecule has 2 rings (SSSR count). The highest BCUT2D eigenvalue weighted by molar-refractivity contribution is 6.29. The number of alkyl halides is 3. The molecule has 7 heteroatoms. The van der Waals surface area contributed by atoms with Crippen LogP contribution in [0.3, 0.4) is 0 Å². The van der Waals surface area contributed by atoms with E-state index in [9.17, 15) is 13.2 Å². The lowest BCUT2D eigenvalue weighted by atomic mass is 10.2. The van der Waals surface area contributed by atoms with Crippen LogP contribution in [0.15, 0.2) is 6.07 Å². The van der Waals surface area contributed by atoms with E-state index in [-0.39, 0.29) is 17.0 Å². The SMILES string of the molecule is CC1CCCN1c1cc(Cl)nc(C(F)(F)F)n1. The Morgan fingerprint density at radius 2 is 2.12 bits per heavy atom. The lowest BCUT2D eigenvalue weighted by molar-refractivity contribution is -0.144. The Kier molecular flexibility index (Phi) is 3.16. The zero-order valence-corrected chi connectivity index (χ0v) is 9.89. The lowest BCUT2D eigenvalue weighted by Gasteiger charge is -2.23. The molecule has 1 saturated heterocycles. The summed E-state index contributed by atoms with van der Waals surface area (Å²) in [5.74, 6) is -0.929. The average Bonchev–Trinajstić information content (AvgIpc) is 2.62. The third-order valence-electron chi connectivity index (χ3n) is 2.78. The Morgan fingerprint density at radius 1 is 1.41 bits per heavy atom. The average molecular weight is 266 g/mol. The van der Waals surface area contributed by atoms with Gasteiger partial charge >= 0.3 is 6.18 Å². The monoisotopic (exact) mass is 265 g/mol. The van der Waals surface area contributed by atoms with Crippen LogP contribution in [0.2, 0.25) is 5.15 Å². The molecule has 0 spiro atoms. The van der Waals surface area contributed by atoms with Gasteiger partial charge in [-0.1, -0.05) is 11.6 Å². The zero-order valence-electron chi connectivity index (χ0n) is 9.13. The molecule has 0 bridgehead atoms. The number of hydrogen-bond acceptors (Lipinski definition) is 3. The van der Waals surface area contributed by atoms with Crippen LogP contribution < -0.4 is 4.90 Å². The first-order chi connectivity index (χ1) is 7.88. The van der Waals surface area contributed by atoms with Crippen LogP contribution >= 0.6 is 11.6 Å². The van der Waals surface area contributed by atoms with Crippen molar-refractivity contribution in [3.05, 3.63) is 17.0 Å². The van der Waals surface area contributed by atoms with E-state index in [1.165, 1.54) is 6.07 Å². The summed E-state index contributed by atoms with van der Waals surface area (Å²) in [6, 6.07) is 1.56. The molecule has 0 saturated carbocycles. The molecule has 0 N–H and O–H groups in total. The smallest absolute Gasteiger partial charge is 0.354 e. The largest absolute Gasteiger partial charge is 0.451 e. The molecule has 0 aromatic carbocycles. The molecule has 0 aliphatic carbocycles. The number of hydrogen-bond donors (Lipinski definition) is 0. The first-order valence-electron chi connectivity index (χ1n) is 5.26. The summed E-state index contributed by atoms with van der Waals surface area (Å²) in [5, 5.41) is -0.179. The highest BCUT2D eigenvalue weighted by Gasteiger charge is 2.36. The molecule has 1 unspecified atom stereocenters. The maximum Gasteiger partial charge on any atom is 0.451 e. The van der Waals surface area contributed by atoms with Gasteiger partial charge in [0.15, 0.2) is 0 Å². The van der Waals surface area contributed by atoms with E-state index < -0.39 is 12.0 Å². The number of aromatic nitrogens is 2.